The quantitative estimate of drug-likeness (QED) is 0.328. The molecule has 7 nitrogen and oxygen atoms in total. The Kier molecular flexibility index (Phi) is 6.23. The molecule has 1 rings (SSSR count). The van der Waals surface area contributed by atoms with Gasteiger partial charge in [0.1, 0.15) is 18.0 Å². The number of ether oxygens (including phenoxy) is 1. The Bertz CT molecular complexity index is 319. The first-order valence-corrected chi connectivity index (χ1v) is 5.47. The SMILES string of the molecule is CN(C)CCOCCNc1cc(NN)ncn1. The molecule has 0 bridgehead atoms. The first-order chi connectivity index (χ1) is 8.22. The molecule has 0 unspecified atom stereocenters. The summed E-state index contributed by atoms with van der Waals surface area (Å²) in [5.41, 5.74) is 2.46. The van der Waals surface area contributed by atoms with Crippen molar-refractivity contribution in [1.82, 2.24) is 14.9 Å². The van der Waals surface area contributed by atoms with Gasteiger partial charge < -0.3 is 20.4 Å². The zero-order chi connectivity index (χ0) is 12.5. The Morgan fingerprint density at radius 3 is 2.76 bits per heavy atom. The topological polar surface area (TPSA) is 88.3 Å². The molecule has 0 saturated heterocycles. The van der Waals surface area contributed by atoms with Crippen LogP contribution in [0.15, 0.2) is 12.4 Å². The van der Waals surface area contributed by atoms with E-state index in [1.165, 1.54) is 6.33 Å². The van der Waals surface area contributed by atoms with Gasteiger partial charge in [0.05, 0.1) is 13.2 Å². The van der Waals surface area contributed by atoms with E-state index in [4.69, 9.17) is 10.6 Å². The zero-order valence-electron chi connectivity index (χ0n) is 10.3. The Morgan fingerprint density at radius 1 is 1.29 bits per heavy atom. The highest BCUT2D eigenvalue weighted by Crippen LogP contribution is 2.05. The number of nitrogens with two attached hydrogens (primary N) is 1. The Morgan fingerprint density at radius 2 is 2.06 bits per heavy atom. The number of aromatic nitrogens is 2. The third-order valence-electron chi connectivity index (χ3n) is 2.05. The molecule has 1 aromatic rings. The summed E-state index contributed by atoms with van der Waals surface area (Å²) in [6.07, 6.45) is 1.45. The van der Waals surface area contributed by atoms with Crippen molar-refractivity contribution in [3.8, 4) is 0 Å². The van der Waals surface area contributed by atoms with Gasteiger partial charge in [-0.3, -0.25) is 0 Å². The Hall–Kier alpha value is -1.44. The third kappa shape index (κ3) is 6.00. The van der Waals surface area contributed by atoms with Crippen LogP contribution in [0.5, 0.6) is 0 Å². The average Bonchev–Trinajstić information content (AvgIpc) is 2.33. The van der Waals surface area contributed by atoms with Crippen molar-refractivity contribution in [2.75, 3.05) is 51.1 Å². The number of nitrogens with zero attached hydrogens (tertiary/aromatic N) is 3. The summed E-state index contributed by atoms with van der Waals surface area (Å²) in [7, 11) is 4.04. The monoisotopic (exact) mass is 240 g/mol. The summed E-state index contributed by atoms with van der Waals surface area (Å²) in [6.45, 7) is 3.00. The molecule has 0 saturated carbocycles. The number of rotatable bonds is 8. The highest BCUT2D eigenvalue weighted by molar-refractivity contribution is 5.45. The minimum atomic E-state index is 0.580. The van der Waals surface area contributed by atoms with Crippen LogP contribution in [-0.4, -0.2) is 55.3 Å². The molecule has 1 heterocycles. The molecule has 0 atom stereocenters. The van der Waals surface area contributed by atoms with Crippen LogP contribution in [0, 0.1) is 0 Å². The molecular weight excluding hydrogens is 220 g/mol. The maximum Gasteiger partial charge on any atom is 0.145 e. The van der Waals surface area contributed by atoms with Crippen molar-refractivity contribution >= 4 is 11.6 Å². The second-order valence-electron chi connectivity index (χ2n) is 3.78. The van der Waals surface area contributed by atoms with Gasteiger partial charge in [0.2, 0.25) is 0 Å². The Labute approximate surface area is 101 Å². The van der Waals surface area contributed by atoms with E-state index in [0.29, 0.717) is 19.0 Å². The van der Waals surface area contributed by atoms with Gasteiger partial charge in [-0.25, -0.2) is 15.8 Å². The predicted octanol–water partition coefficient (Wildman–Crippen LogP) is -0.248. The lowest BCUT2D eigenvalue weighted by Gasteiger charge is -2.10. The van der Waals surface area contributed by atoms with Gasteiger partial charge in [0, 0.05) is 19.2 Å². The minimum Gasteiger partial charge on any atom is -0.378 e. The van der Waals surface area contributed by atoms with Gasteiger partial charge in [-0.05, 0) is 14.1 Å². The molecule has 0 aliphatic heterocycles. The summed E-state index contributed by atoms with van der Waals surface area (Å²) < 4.78 is 5.43. The van der Waals surface area contributed by atoms with E-state index in [1.807, 2.05) is 14.1 Å². The summed E-state index contributed by atoms with van der Waals surface area (Å²) in [4.78, 5) is 10.0. The van der Waals surface area contributed by atoms with E-state index in [9.17, 15) is 0 Å². The van der Waals surface area contributed by atoms with Crippen molar-refractivity contribution in [3.05, 3.63) is 12.4 Å². The fourth-order valence-electron chi connectivity index (χ4n) is 1.13. The number of nitrogens with one attached hydrogen (secondary N) is 2. The molecule has 7 heteroatoms. The van der Waals surface area contributed by atoms with Crippen LogP contribution in [0.4, 0.5) is 11.6 Å². The van der Waals surface area contributed by atoms with Gasteiger partial charge in [-0.15, -0.1) is 0 Å². The van der Waals surface area contributed by atoms with E-state index >= 15 is 0 Å². The van der Waals surface area contributed by atoms with Gasteiger partial charge in [0.15, 0.2) is 0 Å². The molecule has 0 aliphatic carbocycles. The van der Waals surface area contributed by atoms with Crippen molar-refractivity contribution < 1.29 is 4.74 Å². The van der Waals surface area contributed by atoms with Crippen LogP contribution in [0.3, 0.4) is 0 Å². The zero-order valence-corrected chi connectivity index (χ0v) is 10.3. The molecule has 0 aliphatic rings. The van der Waals surface area contributed by atoms with Crippen LogP contribution in [-0.2, 0) is 4.74 Å². The van der Waals surface area contributed by atoms with Crippen LogP contribution in [0.2, 0.25) is 0 Å². The van der Waals surface area contributed by atoms with Crippen molar-refractivity contribution in [2.24, 2.45) is 5.84 Å². The summed E-state index contributed by atoms with van der Waals surface area (Å²) in [6, 6.07) is 1.74. The summed E-state index contributed by atoms with van der Waals surface area (Å²) >= 11 is 0. The van der Waals surface area contributed by atoms with Gasteiger partial charge in [-0.2, -0.15) is 0 Å². The van der Waals surface area contributed by atoms with E-state index in [2.05, 4.69) is 25.6 Å². The fraction of sp³-hybridized carbons (Fsp3) is 0.600. The molecule has 17 heavy (non-hydrogen) atoms. The lowest BCUT2D eigenvalue weighted by Crippen LogP contribution is -2.20. The number of nitrogen functional groups attached to an aromatic ring is 1. The molecule has 1 aromatic heterocycles. The number of hydrogen-bond donors (Lipinski definition) is 3. The van der Waals surface area contributed by atoms with Crippen LogP contribution >= 0.6 is 0 Å². The third-order valence-corrected chi connectivity index (χ3v) is 2.05. The van der Waals surface area contributed by atoms with E-state index < -0.39 is 0 Å². The largest absolute Gasteiger partial charge is 0.378 e. The number of hydrogen-bond acceptors (Lipinski definition) is 7. The van der Waals surface area contributed by atoms with Gasteiger partial charge in [0.25, 0.3) is 0 Å². The second kappa shape index (κ2) is 7.77. The lowest BCUT2D eigenvalue weighted by atomic mass is 10.5. The van der Waals surface area contributed by atoms with Crippen molar-refractivity contribution in [2.45, 2.75) is 0 Å². The highest BCUT2D eigenvalue weighted by Gasteiger charge is 1.96. The van der Waals surface area contributed by atoms with E-state index in [1.54, 1.807) is 6.07 Å². The van der Waals surface area contributed by atoms with Gasteiger partial charge >= 0.3 is 0 Å². The van der Waals surface area contributed by atoms with E-state index in [0.717, 1.165) is 19.0 Å². The molecule has 0 radical (unpaired) electrons. The van der Waals surface area contributed by atoms with Crippen LogP contribution in [0.25, 0.3) is 0 Å². The maximum atomic E-state index is 5.43. The minimum absolute atomic E-state index is 0.580. The average molecular weight is 240 g/mol. The summed E-state index contributed by atoms with van der Waals surface area (Å²) in [5, 5.41) is 3.12. The molecule has 0 amide bonds. The highest BCUT2D eigenvalue weighted by atomic mass is 16.5. The van der Waals surface area contributed by atoms with Gasteiger partial charge in [-0.1, -0.05) is 0 Å². The van der Waals surface area contributed by atoms with E-state index in [-0.39, 0.29) is 0 Å². The number of anilines is 2. The summed E-state index contributed by atoms with van der Waals surface area (Å²) in [5.74, 6) is 6.55. The first kappa shape index (κ1) is 13.6. The standard InChI is InChI=1S/C10H20N6O/c1-16(2)4-6-17-5-3-12-9-7-10(15-11)14-8-13-9/h7-8H,3-6,11H2,1-2H3,(H2,12,13,14,15). The molecule has 0 spiro atoms. The number of hydrazine groups is 1. The van der Waals surface area contributed by atoms with Crippen LogP contribution in [0.1, 0.15) is 0 Å². The fourth-order valence-corrected chi connectivity index (χ4v) is 1.13. The normalized spacial score (nSPS) is 10.6. The second-order valence-corrected chi connectivity index (χ2v) is 3.78. The Balaban J connectivity index is 2.13. The molecule has 4 N–H and O–H groups in total. The molecule has 0 aromatic carbocycles. The molecule has 96 valence electrons. The lowest BCUT2D eigenvalue weighted by molar-refractivity contribution is 0.126. The van der Waals surface area contributed by atoms with Crippen molar-refractivity contribution in [1.29, 1.82) is 0 Å². The molecular formula is C10H20N6O. The van der Waals surface area contributed by atoms with Crippen LogP contribution < -0.4 is 16.6 Å². The first-order valence-electron chi connectivity index (χ1n) is 5.47. The maximum absolute atomic E-state index is 5.43. The van der Waals surface area contributed by atoms with Crippen molar-refractivity contribution in [3.63, 3.8) is 0 Å². The smallest absolute Gasteiger partial charge is 0.145 e. The number of likely N-dealkylation sites (N-methyl/N-ethyl adjacent to an activating group) is 1. The molecule has 0 fully saturated rings. The predicted molar refractivity (Wildman–Crippen MR) is 67.7 cm³/mol.